The van der Waals surface area contributed by atoms with Crippen LogP contribution in [-0.2, 0) is 0 Å². The van der Waals surface area contributed by atoms with Gasteiger partial charge in [0.25, 0.3) is 0 Å². The van der Waals surface area contributed by atoms with E-state index < -0.39 is 0 Å². The Balaban J connectivity index is 1.97. The van der Waals surface area contributed by atoms with Crippen LogP contribution in [0, 0.1) is 0 Å². The van der Waals surface area contributed by atoms with E-state index in [2.05, 4.69) is 20.7 Å². The number of nitrogens with one attached hydrogen (secondary N) is 1. The Labute approximate surface area is 95.8 Å². The van der Waals surface area contributed by atoms with Gasteiger partial charge in [0, 0.05) is 0 Å². The molecule has 0 bridgehead atoms. The minimum Gasteiger partial charge on any atom is -0.297 e. The summed E-state index contributed by atoms with van der Waals surface area (Å²) in [7, 11) is 0. The maximum Gasteiger partial charge on any atom is 0.232 e. The number of hydrogen-bond donors (Lipinski definition) is 1. The molecule has 0 atom stereocenters. The number of thiazole rings is 1. The zero-order valence-corrected chi connectivity index (χ0v) is 9.02. The Hall–Kier alpha value is -2.08. The third kappa shape index (κ3) is 2.71. The molecule has 0 radical (unpaired) electrons. The van der Waals surface area contributed by atoms with Gasteiger partial charge in [0.15, 0.2) is 6.29 Å². The Morgan fingerprint density at radius 1 is 1.31 bits per heavy atom. The highest BCUT2D eigenvalue weighted by Crippen LogP contribution is 2.19. The van der Waals surface area contributed by atoms with Crippen LogP contribution in [0.2, 0.25) is 0 Å². The average Bonchev–Trinajstić information content (AvgIpc) is 2.78. The highest BCUT2D eigenvalue weighted by Gasteiger charge is 1.97. The average molecular weight is 232 g/mol. The van der Waals surface area contributed by atoms with Gasteiger partial charge >= 0.3 is 0 Å². The van der Waals surface area contributed by atoms with Crippen molar-refractivity contribution in [2.75, 3.05) is 5.43 Å². The fourth-order valence-electron chi connectivity index (χ4n) is 1.02. The number of para-hydroxylation sites is 1. The molecular weight excluding hydrogens is 224 g/mol. The van der Waals surface area contributed by atoms with E-state index in [1.807, 2.05) is 30.3 Å². The summed E-state index contributed by atoms with van der Waals surface area (Å²) in [5, 5.41) is 8.05. The van der Waals surface area contributed by atoms with Crippen LogP contribution in [0.1, 0.15) is 9.67 Å². The van der Waals surface area contributed by atoms with Crippen molar-refractivity contribution in [2.24, 2.45) is 10.3 Å². The number of hydrogen-bond acceptors (Lipinski definition) is 5. The van der Waals surface area contributed by atoms with Crippen LogP contribution < -0.4 is 5.43 Å². The Kier molecular flexibility index (Phi) is 3.35. The third-order valence-corrected chi connectivity index (χ3v) is 2.52. The van der Waals surface area contributed by atoms with Gasteiger partial charge in [-0.3, -0.25) is 10.2 Å². The predicted octanol–water partition coefficient (Wildman–Crippen LogP) is 3.07. The number of carbonyl (C=O) groups excluding carboxylic acids is 1. The molecule has 0 aliphatic heterocycles. The maximum atomic E-state index is 10.4. The first-order chi connectivity index (χ1) is 7.88. The van der Waals surface area contributed by atoms with Crippen LogP contribution in [0.5, 0.6) is 0 Å². The molecule has 2 rings (SSSR count). The summed E-state index contributed by atoms with van der Waals surface area (Å²) in [6.07, 6.45) is 2.20. The van der Waals surface area contributed by atoms with Crippen LogP contribution in [0.15, 0.2) is 46.9 Å². The van der Waals surface area contributed by atoms with E-state index in [4.69, 9.17) is 0 Å². The van der Waals surface area contributed by atoms with Crippen molar-refractivity contribution in [3.05, 3.63) is 41.4 Å². The number of rotatable bonds is 4. The molecule has 0 aliphatic carbocycles. The summed E-state index contributed by atoms with van der Waals surface area (Å²) in [5.41, 5.74) is 3.60. The number of carbonyl (C=O) groups is 1. The van der Waals surface area contributed by atoms with Crippen molar-refractivity contribution < 1.29 is 4.79 Å². The standard InChI is InChI=1S/C10H8N4OS/c15-7-9-6-11-10(16-9)13-14-12-8-4-2-1-3-5-8/h1-7H,(H,11,12,13). The Morgan fingerprint density at radius 3 is 2.81 bits per heavy atom. The fraction of sp³-hybridized carbons (Fsp3) is 0. The zero-order chi connectivity index (χ0) is 11.2. The molecule has 6 heteroatoms. The van der Waals surface area contributed by atoms with Crippen molar-refractivity contribution in [1.29, 1.82) is 0 Å². The number of anilines is 1. The summed E-state index contributed by atoms with van der Waals surface area (Å²) in [5.74, 6) is 0. The second-order valence-corrected chi connectivity index (χ2v) is 3.88. The molecule has 1 N–H and O–H groups in total. The van der Waals surface area contributed by atoms with Crippen LogP contribution >= 0.6 is 11.3 Å². The molecule has 16 heavy (non-hydrogen) atoms. The lowest BCUT2D eigenvalue weighted by Crippen LogP contribution is -1.84. The molecule has 0 amide bonds. The van der Waals surface area contributed by atoms with Crippen LogP contribution in [0.25, 0.3) is 0 Å². The SMILES string of the molecule is O=Cc1cnc(N=NNc2ccccc2)s1. The third-order valence-electron chi connectivity index (χ3n) is 1.72. The molecule has 5 nitrogen and oxygen atoms in total. The quantitative estimate of drug-likeness (QED) is 0.500. The molecule has 0 saturated carbocycles. The Morgan fingerprint density at radius 2 is 2.12 bits per heavy atom. The molecule has 0 unspecified atom stereocenters. The molecule has 80 valence electrons. The van der Waals surface area contributed by atoms with E-state index in [0.717, 1.165) is 12.0 Å². The minimum absolute atomic E-state index is 0.450. The van der Waals surface area contributed by atoms with Crippen molar-refractivity contribution in [1.82, 2.24) is 4.98 Å². The first-order valence-electron chi connectivity index (χ1n) is 4.51. The molecule has 1 aromatic carbocycles. The largest absolute Gasteiger partial charge is 0.297 e. The fourth-order valence-corrected chi connectivity index (χ4v) is 1.57. The van der Waals surface area contributed by atoms with Crippen LogP contribution in [-0.4, -0.2) is 11.3 Å². The number of aromatic nitrogens is 1. The van der Waals surface area contributed by atoms with Crippen LogP contribution in [0.4, 0.5) is 10.8 Å². The lowest BCUT2D eigenvalue weighted by molar-refractivity contribution is 0.112. The zero-order valence-electron chi connectivity index (χ0n) is 8.20. The number of benzene rings is 1. The van der Waals surface area contributed by atoms with E-state index in [9.17, 15) is 4.79 Å². The van der Waals surface area contributed by atoms with Gasteiger partial charge in [-0.05, 0) is 12.1 Å². The summed E-state index contributed by atoms with van der Waals surface area (Å²) in [6, 6.07) is 9.45. The molecule has 0 spiro atoms. The van der Waals surface area contributed by atoms with Crippen LogP contribution in [0.3, 0.4) is 0 Å². The van der Waals surface area contributed by atoms with Crippen molar-refractivity contribution in [3.8, 4) is 0 Å². The van der Waals surface area contributed by atoms with Crippen molar-refractivity contribution in [3.63, 3.8) is 0 Å². The van der Waals surface area contributed by atoms with Gasteiger partial charge in [0.1, 0.15) is 0 Å². The summed E-state index contributed by atoms with van der Waals surface area (Å²) >= 11 is 1.19. The van der Waals surface area contributed by atoms with Crippen molar-refractivity contribution in [2.45, 2.75) is 0 Å². The molecule has 0 saturated heterocycles. The summed E-state index contributed by atoms with van der Waals surface area (Å²) < 4.78 is 0. The second-order valence-electron chi connectivity index (χ2n) is 2.84. The second kappa shape index (κ2) is 5.13. The van der Waals surface area contributed by atoms with Gasteiger partial charge in [0.05, 0.1) is 16.8 Å². The highest BCUT2D eigenvalue weighted by atomic mass is 32.1. The monoisotopic (exact) mass is 232 g/mol. The predicted molar refractivity (Wildman–Crippen MR) is 62.1 cm³/mol. The lowest BCUT2D eigenvalue weighted by atomic mass is 10.3. The van der Waals surface area contributed by atoms with E-state index in [0.29, 0.717) is 10.0 Å². The molecule has 2 aromatic rings. The first kappa shape index (κ1) is 10.4. The first-order valence-corrected chi connectivity index (χ1v) is 5.33. The highest BCUT2D eigenvalue weighted by molar-refractivity contribution is 7.16. The molecule has 0 fully saturated rings. The van der Waals surface area contributed by atoms with Crippen molar-refractivity contribution >= 4 is 28.4 Å². The number of nitrogens with zero attached hydrogens (tertiary/aromatic N) is 3. The smallest absolute Gasteiger partial charge is 0.232 e. The summed E-state index contributed by atoms with van der Waals surface area (Å²) in [6.45, 7) is 0. The van der Waals surface area contributed by atoms with Gasteiger partial charge in [0.2, 0.25) is 5.13 Å². The van der Waals surface area contributed by atoms with E-state index >= 15 is 0 Å². The van der Waals surface area contributed by atoms with Gasteiger partial charge in [-0.15, -0.1) is 5.11 Å². The minimum atomic E-state index is 0.450. The molecule has 0 aliphatic rings. The van der Waals surface area contributed by atoms with Gasteiger partial charge in [-0.25, -0.2) is 4.98 Å². The topological polar surface area (TPSA) is 66.7 Å². The number of aldehydes is 1. The Bertz CT molecular complexity index is 495. The maximum absolute atomic E-state index is 10.4. The molecule has 1 heterocycles. The van der Waals surface area contributed by atoms with Gasteiger partial charge < -0.3 is 0 Å². The normalized spacial score (nSPS) is 10.5. The summed E-state index contributed by atoms with van der Waals surface area (Å²) in [4.78, 5) is 14.8. The molecule has 1 aromatic heterocycles. The molecular formula is C10H8N4OS. The lowest BCUT2D eigenvalue weighted by Gasteiger charge is -1.95. The van der Waals surface area contributed by atoms with E-state index in [-0.39, 0.29) is 0 Å². The van der Waals surface area contributed by atoms with E-state index in [1.54, 1.807) is 0 Å². The van der Waals surface area contributed by atoms with E-state index in [1.165, 1.54) is 17.5 Å². The van der Waals surface area contributed by atoms with Gasteiger partial charge in [-0.1, -0.05) is 34.8 Å². The van der Waals surface area contributed by atoms with Gasteiger partial charge in [-0.2, -0.15) is 0 Å².